The van der Waals surface area contributed by atoms with Crippen LogP contribution in [0.1, 0.15) is 21.5 Å². The molecule has 0 amide bonds. The molecule has 110 valence electrons. The average molecular weight is 287 g/mol. The third-order valence-corrected chi connectivity index (χ3v) is 3.32. The van der Waals surface area contributed by atoms with Gasteiger partial charge in [0.05, 0.1) is 12.7 Å². The number of carboxylic acids is 1. The Bertz CT molecular complexity index is 667. The van der Waals surface area contributed by atoms with Crippen molar-refractivity contribution in [2.75, 3.05) is 12.4 Å². The fourth-order valence-corrected chi connectivity index (χ4v) is 2.08. The molecule has 0 aliphatic heterocycles. The first-order valence-corrected chi connectivity index (χ1v) is 6.45. The molecule has 5 nitrogen and oxygen atoms in total. The number of hydrogen-bond acceptors (Lipinski definition) is 4. The number of aromatic hydroxyl groups is 1. The fraction of sp³-hybridized carbons (Fsp3) is 0.188. The number of hydrogen-bond donors (Lipinski definition) is 3. The van der Waals surface area contributed by atoms with Crippen LogP contribution in [0.5, 0.6) is 11.5 Å². The number of methoxy groups -OCH3 is 1. The van der Waals surface area contributed by atoms with Crippen molar-refractivity contribution in [3.05, 3.63) is 53.1 Å². The Balaban J connectivity index is 2.21. The largest absolute Gasteiger partial charge is 0.508 e. The molecule has 0 atom stereocenters. The van der Waals surface area contributed by atoms with Crippen LogP contribution < -0.4 is 10.1 Å². The number of ether oxygens (including phenoxy) is 1. The number of phenols is 1. The average Bonchev–Trinajstić information content (AvgIpc) is 2.47. The molecule has 0 radical (unpaired) electrons. The Labute approximate surface area is 122 Å². The second kappa shape index (κ2) is 6.17. The summed E-state index contributed by atoms with van der Waals surface area (Å²) in [6.45, 7) is 2.12. The SMILES string of the molecule is COc1ccc(O)c(CNc2cccc(C(=O)O)c2C)c1. The molecule has 0 aliphatic carbocycles. The summed E-state index contributed by atoms with van der Waals surface area (Å²) in [5.41, 5.74) is 2.31. The molecule has 5 heteroatoms. The predicted molar refractivity (Wildman–Crippen MR) is 80.1 cm³/mol. The highest BCUT2D eigenvalue weighted by atomic mass is 16.5. The van der Waals surface area contributed by atoms with Gasteiger partial charge in [-0.05, 0) is 42.8 Å². The Morgan fingerprint density at radius 3 is 2.71 bits per heavy atom. The third kappa shape index (κ3) is 3.25. The number of carbonyl (C=O) groups is 1. The van der Waals surface area contributed by atoms with Gasteiger partial charge in [0.15, 0.2) is 0 Å². The number of nitrogens with one attached hydrogen (secondary N) is 1. The van der Waals surface area contributed by atoms with Gasteiger partial charge in [-0.15, -0.1) is 0 Å². The molecule has 0 heterocycles. The van der Waals surface area contributed by atoms with Gasteiger partial charge in [0.2, 0.25) is 0 Å². The molecule has 0 fully saturated rings. The second-order valence-electron chi connectivity index (χ2n) is 4.63. The lowest BCUT2D eigenvalue weighted by Crippen LogP contribution is -2.06. The standard InChI is InChI=1S/C16H17NO4/c1-10-13(16(19)20)4-3-5-14(10)17-9-11-8-12(21-2)6-7-15(11)18/h3-8,17-18H,9H2,1-2H3,(H,19,20). The Hall–Kier alpha value is -2.69. The summed E-state index contributed by atoms with van der Waals surface area (Å²) in [4.78, 5) is 11.1. The van der Waals surface area contributed by atoms with Gasteiger partial charge in [-0.25, -0.2) is 4.79 Å². The topological polar surface area (TPSA) is 78.8 Å². The van der Waals surface area contributed by atoms with E-state index in [0.29, 0.717) is 23.4 Å². The maximum Gasteiger partial charge on any atom is 0.336 e. The van der Waals surface area contributed by atoms with Crippen molar-refractivity contribution in [3.8, 4) is 11.5 Å². The van der Waals surface area contributed by atoms with Crippen molar-refractivity contribution in [3.63, 3.8) is 0 Å². The highest BCUT2D eigenvalue weighted by molar-refractivity contribution is 5.91. The van der Waals surface area contributed by atoms with E-state index in [2.05, 4.69) is 5.32 Å². The normalized spacial score (nSPS) is 10.2. The van der Waals surface area contributed by atoms with Crippen molar-refractivity contribution < 1.29 is 19.7 Å². The molecule has 0 aliphatic rings. The second-order valence-corrected chi connectivity index (χ2v) is 4.63. The zero-order valence-electron chi connectivity index (χ0n) is 11.9. The van der Waals surface area contributed by atoms with Crippen LogP contribution in [0.2, 0.25) is 0 Å². The minimum atomic E-state index is -0.958. The van der Waals surface area contributed by atoms with Crippen LogP contribution in [-0.4, -0.2) is 23.3 Å². The molecule has 0 saturated heterocycles. The van der Waals surface area contributed by atoms with Gasteiger partial charge in [-0.2, -0.15) is 0 Å². The number of anilines is 1. The summed E-state index contributed by atoms with van der Waals surface area (Å²) in [6.07, 6.45) is 0. The van der Waals surface area contributed by atoms with Crippen molar-refractivity contribution in [1.82, 2.24) is 0 Å². The summed E-state index contributed by atoms with van der Waals surface area (Å²) < 4.78 is 5.12. The van der Waals surface area contributed by atoms with E-state index in [1.54, 1.807) is 50.4 Å². The van der Waals surface area contributed by atoms with Gasteiger partial charge in [-0.1, -0.05) is 6.07 Å². The summed E-state index contributed by atoms with van der Waals surface area (Å²) >= 11 is 0. The maximum atomic E-state index is 11.1. The molecule has 21 heavy (non-hydrogen) atoms. The Kier molecular flexibility index (Phi) is 4.33. The van der Waals surface area contributed by atoms with Crippen molar-refractivity contribution in [2.24, 2.45) is 0 Å². The van der Waals surface area contributed by atoms with Crippen molar-refractivity contribution >= 4 is 11.7 Å². The zero-order chi connectivity index (χ0) is 15.4. The number of benzene rings is 2. The highest BCUT2D eigenvalue weighted by Crippen LogP contribution is 2.25. The van der Waals surface area contributed by atoms with Crippen LogP contribution in [0.3, 0.4) is 0 Å². The van der Waals surface area contributed by atoms with Crippen LogP contribution in [-0.2, 0) is 6.54 Å². The summed E-state index contributed by atoms with van der Waals surface area (Å²) in [5, 5.41) is 22.1. The molecule has 2 rings (SSSR count). The number of aromatic carboxylic acids is 1. The van der Waals surface area contributed by atoms with E-state index < -0.39 is 5.97 Å². The first kappa shape index (κ1) is 14.7. The van der Waals surface area contributed by atoms with E-state index >= 15 is 0 Å². The van der Waals surface area contributed by atoms with E-state index in [1.807, 2.05) is 0 Å². The minimum Gasteiger partial charge on any atom is -0.508 e. The molecule has 0 bridgehead atoms. The van der Waals surface area contributed by atoms with Gasteiger partial charge in [0.25, 0.3) is 0 Å². The third-order valence-electron chi connectivity index (χ3n) is 3.32. The Morgan fingerprint density at radius 1 is 1.29 bits per heavy atom. The van der Waals surface area contributed by atoms with Crippen LogP contribution in [0.15, 0.2) is 36.4 Å². The van der Waals surface area contributed by atoms with E-state index in [-0.39, 0.29) is 11.3 Å². The summed E-state index contributed by atoms with van der Waals surface area (Å²) in [6, 6.07) is 10.0. The smallest absolute Gasteiger partial charge is 0.336 e. The van der Waals surface area contributed by atoms with Gasteiger partial charge < -0.3 is 20.3 Å². The molecule has 0 saturated carbocycles. The minimum absolute atomic E-state index is 0.162. The molecule has 0 aromatic heterocycles. The Morgan fingerprint density at radius 2 is 2.05 bits per heavy atom. The van der Waals surface area contributed by atoms with Gasteiger partial charge >= 0.3 is 5.97 Å². The van der Waals surface area contributed by atoms with Crippen LogP contribution in [0.25, 0.3) is 0 Å². The van der Waals surface area contributed by atoms with E-state index in [9.17, 15) is 9.90 Å². The lowest BCUT2D eigenvalue weighted by Gasteiger charge is -2.13. The van der Waals surface area contributed by atoms with Gasteiger partial charge in [0, 0.05) is 17.8 Å². The number of rotatable bonds is 5. The fourth-order valence-electron chi connectivity index (χ4n) is 2.08. The molecule has 0 unspecified atom stereocenters. The summed E-state index contributed by atoms with van der Waals surface area (Å²) in [5.74, 6) is -0.142. The first-order valence-electron chi connectivity index (χ1n) is 6.45. The zero-order valence-corrected chi connectivity index (χ0v) is 11.9. The lowest BCUT2D eigenvalue weighted by atomic mass is 10.1. The maximum absolute atomic E-state index is 11.1. The van der Waals surface area contributed by atoms with Crippen molar-refractivity contribution in [1.29, 1.82) is 0 Å². The molecule has 3 N–H and O–H groups in total. The quantitative estimate of drug-likeness (QED) is 0.787. The predicted octanol–water partition coefficient (Wildman–Crippen LogP) is 3.02. The lowest BCUT2D eigenvalue weighted by molar-refractivity contribution is 0.0696. The molecule has 2 aromatic rings. The van der Waals surface area contributed by atoms with E-state index in [1.165, 1.54) is 0 Å². The number of carboxylic acid groups (broad SMARTS) is 1. The molecular weight excluding hydrogens is 270 g/mol. The van der Waals surface area contributed by atoms with Gasteiger partial charge in [0.1, 0.15) is 11.5 Å². The van der Waals surface area contributed by atoms with Crippen LogP contribution in [0, 0.1) is 6.92 Å². The summed E-state index contributed by atoms with van der Waals surface area (Å²) in [7, 11) is 1.56. The first-order chi connectivity index (χ1) is 10.0. The monoisotopic (exact) mass is 287 g/mol. The van der Waals surface area contributed by atoms with Gasteiger partial charge in [-0.3, -0.25) is 0 Å². The van der Waals surface area contributed by atoms with E-state index in [4.69, 9.17) is 9.84 Å². The molecule has 2 aromatic carbocycles. The van der Waals surface area contributed by atoms with Crippen LogP contribution in [0.4, 0.5) is 5.69 Å². The molecular formula is C16H17NO4. The van der Waals surface area contributed by atoms with E-state index in [0.717, 1.165) is 5.69 Å². The highest BCUT2D eigenvalue weighted by Gasteiger charge is 2.10. The van der Waals surface area contributed by atoms with Crippen LogP contribution >= 0.6 is 0 Å². The molecule has 0 spiro atoms. The van der Waals surface area contributed by atoms with Crippen molar-refractivity contribution in [2.45, 2.75) is 13.5 Å². The number of phenolic OH excluding ortho intramolecular Hbond substituents is 1.